The van der Waals surface area contributed by atoms with Crippen molar-refractivity contribution in [1.29, 1.82) is 0 Å². The van der Waals surface area contributed by atoms with Gasteiger partial charge in [-0.3, -0.25) is 9.78 Å². The Kier molecular flexibility index (Phi) is 3.35. The van der Waals surface area contributed by atoms with E-state index in [2.05, 4.69) is 4.98 Å². The van der Waals surface area contributed by atoms with Crippen molar-refractivity contribution in [3.8, 4) is 11.1 Å². The minimum Gasteiger partial charge on any atom is -0.450 e. The van der Waals surface area contributed by atoms with Crippen LogP contribution in [0, 0.1) is 0 Å². The summed E-state index contributed by atoms with van der Waals surface area (Å²) < 4.78 is 5.78. The van der Waals surface area contributed by atoms with Crippen molar-refractivity contribution >= 4 is 22.4 Å². The summed E-state index contributed by atoms with van der Waals surface area (Å²) in [6.45, 7) is 0. The van der Waals surface area contributed by atoms with Gasteiger partial charge in [0.15, 0.2) is 5.76 Å². The summed E-state index contributed by atoms with van der Waals surface area (Å²) in [4.78, 5) is 16.7. The normalized spacial score (nSPS) is 10.8. The number of benzene rings is 2. The monoisotopic (exact) mass is 314 g/mol. The Balaban J connectivity index is 1.82. The molecule has 2 aromatic heterocycles. The van der Waals surface area contributed by atoms with Crippen LogP contribution in [0.4, 0.5) is 5.69 Å². The second-order valence-corrected chi connectivity index (χ2v) is 5.49. The number of carbonyl (C=O) groups is 1. The van der Waals surface area contributed by atoms with Gasteiger partial charge in [-0.05, 0) is 23.8 Å². The number of anilines is 1. The van der Waals surface area contributed by atoms with E-state index in [0.29, 0.717) is 16.8 Å². The van der Waals surface area contributed by atoms with Crippen LogP contribution in [-0.2, 0) is 0 Å². The molecule has 0 aliphatic carbocycles. The molecule has 0 amide bonds. The molecule has 0 unspecified atom stereocenters. The number of carbonyl (C=O) groups excluding carboxylic acids is 1. The molecule has 4 nitrogen and oxygen atoms in total. The van der Waals surface area contributed by atoms with Crippen molar-refractivity contribution in [2.24, 2.45) is 0 Å². The maximum atomic E-state index is 12.6. The lowest BCUT2D eigenvalue weighted by atomic mass is 10.0. The van der Waals surface area contributed by atoms with Crippen LogP contribution in [0.15, 0.2) is 77.5 Å². The van der Waals surface area contributed by atoms with Crippen molar-refractivity contribution in [3.63, 3.8) is 0 Å². The average Bonchev–Trinajstić information content (AvgIpc) is 2.99. The van der Waals surface area contributed by atoms with Gasteiger partial charge in [-0.15, -0.1) is 0 Å². The fourth-order valence-electron chi connectivity index (χ4n) is 2.72. The largest absolute Gasteiger partial charge is 0.450 e. The summed E-state index contributed by atoms with van der Waals surface area (Å²) in [5.41, 5.74) is 9.59. The zero-order chi connectivity index (χ0) is 16.5. The molecule has 0 bridgehead atoms. The van der Waals surface area contributed by atoms with Crippen molar-refractivity contribution in [3.05, 3.63) is 84.4 Å². The first-order valence-corrected chi connectivity index (χ1v) is 7.56. The predicted octanol–water partition coefficient (Wildman–Crippen LogP) is 4.31. The van der Waals surface area contributed by atoms with E-state index in [1.165, 1.54) is 0 Å². The van der Waals surface area contributed by atoms with E-state index >= 15 is 0 Å². The SMILES string of the molecule is Nc1c(C(=O)c2ccccc2)oc2cc(-c3cccnc3)ccc12. The highest BCUT2D eigenvalue weighted by Gasteiger charge is 2.20. The maximum absolute atomic E-state index is 12.6. The molecule has 0 saturated carbocycles. The summed E-state index contributed by atoms with van der Waals surface area (Å²) in [6, 6.07) is 18.5. The molecule has 0 aliphatic heterocycles. The number of furan rings is 1. The van der Waals surface area contributed by atoms with E-state index in [9.17, 15) is 4.79 Å². The molecule has 0 fully saturated rings. The minimum absolute atomic E-state index is 0.180. The standard InChI is InChI=1S/C20H14N2O2/c21-18-16-9-8-14(15-7-4-10-22-12-15)11-17(16)24-20(18)19(23)13-5-2-1-3-6-13/h1-12H,21H2. The summed E-state index contributed by atoms with van der Waals surface area (Å²) in [5, 5.41) is 0.738. The molecular formula is C20H14N2O2. The predicted molar refractivity (Wildman–Crippen MR) is 93.7 cm³/mol. The average molecular weight is 314 g/mol. The highest BCUT2D eigenvalue weighted by molar-refractivity contribution is 6.14. The summed E-state index contributed by atoms with van der Waals surface area (Å²) in [7, 11) is 0. The number of pyridine rings is 1. The van der Waals surface area contributed by atoms with Crippen LogP contribution >= 0.6 is 0 Å². The first-order chi connectivity index (χ1) is 11.7. The molecule has 2 heterocycles. The lowest BCUT2D eigenvalue weighted by Gasteiger charge is -2.00. The van der Waals surface area contributed by atoms with Crippen LogP contribution in [-0.4, -0.2) is 10.8 Å². The molecule has 4 heteroatoms. The summed E-state index contributed by atoms with van der Waals surface area (Å²) in [5.74, 6) is -0.0354. The fourth-order valence-corrected chi connectivity index (χ4v) is 2.72. The van der Waals surface area contributed by atoms with Gasteiger partial charge in [0.05, 0.1) is 5.69 Å². The van der Waals surface area contributed by atoms with Crippen molar-refractivity contribution in [2.75, 3.05) is 5.73 Å². The van der Waals surface area contributed by atoms with Crippen LogP contribution < -0.4 is 5.73 Å². The number of nitrogens with zero attached hydrogens (tertiary/aromatic N) is 1. The molecule has 0 radical (unpaired) electrons. The third kappa shape index (κ3) is 2.34. The molecule has 0 saturated heterocycles. The number of hydrogen-bond acceptors (Lipinski definition) is 4. The van der Waals surface area contributed by atoms with Crippen molar-refractivity contribution in [1.82, 2.24) is 4.98 Å². The van der Waals surface area contributed by atoms with Gasteiger partial charge >= 0.3 is 0 Å². The van der Waals surface area contributed by atoms with E-state index in [1.807, 2.05) is 48.5 Å². The van der Waals surface area contributed by atoms with Gasteiger partial charge in [-0.25, -0.2) is 0 Å². The van der Waals surface area contributed by atoms with Crippen molar-refractivity contribution in [2.45, 2.75) is 0 Å². The van der Waals surface area contributed by atoms with Gasteiger partial charge in [0.1, 0.15) is 5.58 Å². The topological polar surface area (TPSA) is 69.1 Å². The Labute approximate surface area is 138 Å². The molecule has 4 aromatic rings. The van der Waals surface area contributed by atoms with Crippen LogP contribution in [0.3, 0.4) is 0 Å². The number of ketones is 1. The Morgan fingerprint density at radius 3 is 2.54 bits per heavy atom. The molecular weight excluding hydrogens is 300 g/mol. The molecule has 4 rings (SSSR count). The van der Waals surface area contributed by atoms with E-state index in [4.69, 9.17) is 10.2 Å². The first-order valence-electron chi connectivity index (χ1n) is 7.56. The van der Waals surface area contributed by atoms with Crippen LogP contribution in [0.5, 0.6) is 0 Å². The Bertz CT molecular complexity index is 1020. The van der Waals surface area contributed by atoms with Gasteiger partial charge in [-0.2, -0.15) is 0 Å². The number of nitrogen functional groups attached to an aromatic ring is 1. The second-order valence-electron chi connectivity index (χ2n) is 5.49. The number of hydrogen-bond donors (Lipinski definition) is 1. The third-order valence-electron chi connectivity index (χ3n) is 3.97. The third-order valence-corrected chi connectivity index (χ3v) is 3.97. The van der Waals surface area contributed by atoms with Gasteiger partial charge < -0.3 is 10.2 Å². The number of nitrogens with two attached hydrogens (primary N) is 1. The van der Waals surface area contributed by atoms with Crippen LogP contribution in [0.2, 0.25) is 0 Å². The summed E-state index contributed by atoms with van der Waals surface area (Å²) >= 11 is 0. The van der Waals surface area contributed by atoms with Gasteiger partial charge in [0.2, 0.25) is 5.78 Å². The van der Waals surface area contributed by atoms with Gasteiger partial charge in [-0.1, -0.05) is 42.5 Å². The summed E-state index contributed by atoms with van der Waals surface area (Å²) in [6.07, 6.45) is 3.51. The Morgan fingerprint density at radius 1 is 0.958 bits per heavy atom. The Morgan fingerprint density at radius 2 is 1.79 bits per heavy atom. The van der Waals surface area contributed by atoms with Gasteiger partial charge in [0.25, 0.3) is 0 Å². The molecule has 0 spiro atoms. The Hall–Kier alpha value is -3.40. The zero-order valence-corrected chi connectivity index (χ0v) is 12.8. The molecule has 24 heavy (non-hydrogen) atoms. The number of fused-ring (bicyclic) bond motifs is 1. The van der Waals surface area contributed by atoms with E-state index in [0.717, 1.165) is 16.5 Å². The molecule has 2 N–H and O–H groups in total. The first kappa shape index (κ1) is 14.2. The number of aromatic nitrogens is 1. The quantitative estimate of drug-likeness (QED) is 0.572. The lowest BCUT2D eigenvalue weighted by molar-refractivity contribution is 0.101. The van der Waals surface area contributed by atoms with E-state index < -0.39 is 0 Å². The van der Waals surface area contributed by atoms with E-state index in [-0.39, 0.29) is 11.5 Å². The number of rotatable bonds is 3. The maximum Gasteiger partial charge on any atom is 0.230 e. The molecule has 0 aliphatic rings. The molecule has 0 atom stereocenters. The zero-order valence-electron chi connectivity index (χ0n) is 12.8. The smallest absolute Gasteiger partial charge is 0.230 e. The molecule has 116 valence electrons. The van der Waals surface area contributed by atoms with E-state index in [1.54, 1.807) is 24.5 Å². The van der Waals surface area contributed by atoms with Crippen molar-refractivity contribution < 1.29 is 9.21 Å². The fraction of sp³-hybridized carbons (Fsp3) is 0. The highest BCUT2D eigenvalue weighted by atomic mass is 16.3. The minimum atomic E-state index is -0.216. The van der Waals surface area contributed by atoms with Crippen LogP contribution in [0.1, 0.15) is 16.1 Å². The second kappa shape index (κ2) is 5.66. The molecule has 2 aromatic carbocycles. The van der Waals surface area contributed by atoms with Gasteiger partial charge in [0, 0.05) is 28.9 Å². The lowest BCUT2D eigenvalue weighted by Crippen LogP contribution is -2.02. The highest BCUT2D eigenvalue weighted by Crippen LogP contribution is 2.33. The van der Waals surface area contributed by atoms with Crippen LogP contribution in [0.25, 0.3) is 22.1 Å².